The summed E-state index contributed by atoms with van der Waals surface area (Å²) in [5, 5.41) is 2.75. The molecule has 1 heterocycles. The Kier molecular flexibility index (Phi) is 6.08. The first-order valence-corrected chi connectivity index (χ1v) is 10.8. The first-order chi connectivity index (χ1) is 13.4. The Morgan fingerprint density at radius 1 is 1.21 bits per heavy atom. The smallest absolute Gasteiger partial charge is 0.263 e. The van der Waals surface area contributed by atoms with Gasteiger partial charge in [0.1, 0.15) is 18.1 Å². The molecule has 0 bridgehead atoms. The minimum absolute atomic E-state index is 0.0556. The molecule has 8 heteroatoms. The third kappa shape index (κ3) is 4.39. The zero-order valence-electron chi connectivity index (χ0n) is 15.9. The number of carbonyl (C=O) groups is 1. The minimum Gasteiger partial charge on any atom is -0.491 e. The van der Waals surface area contributed by atoms with Crippen LogP contribution in [0.15, 0.2) is 48.5 Å². The van der Waals surface area contributed by atoms with Crippen molar-refractivity contribution >= 4 is 21.6 Å². The molecular formula is C20H24N2O5S. The summed E-state index contributed by atoms with van der Waals surface area (Å²) in [5.41, 5.74) is 1.47. The molecule has 0 fully saturated rings. The summed E-state index contributed by atoms with van der Waals surface area (Å²) < 4.78 is 37.6. The topological polar surface area (TPSA) is 84.9 Å². The van der Waals surface area contributed by atoms with E-state index >= 15 is 0 Å². The second-order valence-corrected chi connectivity index (χ2v) is 8.59. The fraction of sp³-hybridized carbons (Fsp3) is 0.350. The van der Waals surface area contributed by atoms with Gasteiger partial charge in [-0.05, 0) is 37.6 Å². The van der Waals surface area contributed by atoms with Crippen LogP contribution >= 0.6 is 0 Å². The number of carbonyl (C=O) groups excluding carboxylic acids is 1. The fourth-order valence-corrected chi connectivity index (χ4v) is 4.05. The van der Waals surface area contributed by atoms with Gasteiger partial charge in [0, 0.05) is 0 Å². The van der Waals surface area contributed by atoms with Crippen molar-refractivity contribution in [3.05, 3.63) is 54.1 Å². The zero-order chi connectivity index (χ0) is 20.1. The highest BCUT2D eigenvalue weighted by atomic mass is 32.2. The molecule has 1 atom stereocenters. The maximum Gasteiger partial charge on any atom is 0.263 e. The largest absolute Gasteiger partial charge is 0.491 e. The molecular weight excluding hydrogens is 380 g/mol. The number of nitrogens with zero attached hydrogens (tertiary/aromatic N) is 1. The number of hydrogen-bond acceptors (Lipinski definition) is 5. The van der Waals surface area contributed by atoms with Crippen LogP contribution < -0.4 is 19.1 Å². The zero-order valence-corrected chi connectivity index (χ0v) is 16.7. The van der Waals surface area contributed by atoms with Crippen molar-refractivity contribution in [2.24, 2.45) is 0 Å². The Hall–Kier alpha value is -2.74. The van der Waals surface area contributed by atoms with Crippen molar-refractivity contribution in [2.45, 2.75) is 20.0 Å². The van der Waals surface area contributed by atoms with Crippen LogP contribution in [0.5, 0.6) is 11.5 Å². The Morgan fingerprint density at radius 2 is 1.93 bits per heavy atom. The van der Waals surface area contributed by atoms with E-state index in [0.29, 0.717) is 18.0 Å². The number of benzene rings is 2. The second-order valence-electron chi connectivity index (χ2n) is 6.41. The lowest BCUT2D eigenvalue weighted by atomic mass is 10.2. The lowest BCUT2D eigenvalue weighted by Crippen LogP contribution is -2.51. The quantitative estimate of drug-likeness (QED) is 0.715. The maximum atomic E-state index is 12.5. The van der Waals surface area contributed by atoms with Gasteiger partial charge in [-0.2, -0.15) is 0 Å². The highest BCUT2D eigenvalue weighted by Crippen LogP contribution is 2.35. The van der Waals surface area contributed by atoms with E-state index in [4.69, 9.17) is 9.47 Å². The Morgan fingerprint density at radius 3 is 2.68 bits per heavy atom. The van der Waals surface area contributed by atoms with E-state index in [1.807, 2.05) is 31.2 Å². The van der Waals surface area contributed by atoms with E-state index in [0.717, 1.165) is 11.3 Å². The molecule has 0 spiro atoms. The molecule has 0 radical (unpaired) electrons. The van der Waals surface area contributed by atoms with Crippen LogP contribution in [0.3, 0.4) is 0 Å². The van der Waals surface area contributed by atoms with Gasteiger partial charge in [0.2, 0.25) is 10.0 Å². The van der Waals surface area contributed by atoms with Gasteiger partial charge in [-0.25, -0.2) is 8.42 Å². The van der Waals surface area contributed by atoms with E-state index in [9.17, 15) is 13.2 Å². The average molecular weight is 404 g/mol. The van der Waals surface area contributed by atoms with Gasteiger partial charge in [-0.3, -0.25) is 9.10 Å². The number of rotatable bonds is 7. The standard InChI is InChI=1S/C20H24N2O5S/c1-3-28(24,25)22-14-19(27-18-11-7-5-9-16(18)22)20(23)21-12-13-26-17-10-6-4-8-15(17)2/h4-11,19H,3,12-14H2,1-2H3,(H,21,23)/t19-/m1/s1. The highest BCUT2D eigenvalue weighted by molar-refractivity contribution is 7.92. The van der Waals surface area contributed by atoms with Crippen molar-refractivity contribution < 1.29 is 22.7 Å². The van der Waals surface area contributed by atoms with E-state index in [1.165, 1.54) is 4.31 Å². The summed E-state index contributed by atoms with van der Waals surface area (Å²) in [6.45, 7) is 4.05. The number of amides is 1. The summed E-state index contributed by atoms with van der Waals surface area (Å²) in [5.74, 6) is 0.709. The van der Waals surface area contributed by atoms with Gasteiger partial charge in [-0.1, -0.05) is 30.3 Å². The number of anilines is 1. The summed E-state index contributed by atoms with van der Waals surface area (Å²) in [6.07, 6.45) is -0.922. The molecule has 0 saturated carbocycles. The molecule has 1 amide bonds. The monoisotopic (exact) mass is 404 g/mol. The van der Waals surface area contributed by atoms with Gasteiger partial charge in [0.05, 0.1) is 24.5 Å². The molecule has 0 saturated heterocycles. The number of para-hydroxylation sites is 3. The van der Waals surface area contributed by atoms with Crippen LogP contribution in [0.2, 0.25) is 0 Å². The van der Waals surface area contributed by atoms with Crippen LogP contribution in [0.4, 0.5) is 5.69 Å². The van der Waals surface area contributed by atoms with Gasteiger partial charge in [0.25, 0.3) is 5.91 Å². The van der Waals surface area contributed by atoms with E-state index in [-0.39, 0.29) is 24.7 Å². The van der Waals surface area contributed by atoms with Crippen LogP contribution in [0.25, 0.3) is 0 Å². The summed E-state index contributed by atoms with van der Waals surface area (Å²) in [4.78, 5) is 12.5. The Balaban J connectivity index is 1.62. The molecule has 7 nitrogen and oxygen atoms in total. The van der Waals surface area contributed by atoms with Crippen molar-refractivity contribution in [3.63, 3.8) is 0 Å². The predicted molar refractivity (Wildman–Crippen MR) is 107 cm³/mol. The molecule has 2 aromatic carbocycles. The normalized spacial score (nSPS) is 16.1. The van der Waals surface area contributed by atoms with Gasteiger partial charge in [-0.15, -0.1) is 0 Å². The lowest BCUT2D eigenvalue weighted by Gasteiger charge is -2.34. The molecule has 1 aliphatic heterocycles. The van der Waals surface area contributed by atoms with Gasteiger partial charge >= 0.3 is 0 Å². The molecule has 0 unspecified atom stereocenters. The lowest BCUT2D eigenvalue weighted by molar-refractivity contribution is -0.127. The third-order valence-electron chi connectivity index (χ3n) is 4.48. The minimum atomic E-state index is -3.52. The Labute approximate surface area is 165 Å². The van der Waals surface area contributed by atoms with Crippen LogP contribution in [-0.4, -0.2) is 45.9 Å². The van der Waals surface area contributed by atoms with Crippen molar-refractivity contribution in [3.8, 4) is 11.5 Å². The molecule has 0 aromatic heterocycles. The number of sulfonamides is 1. The van der Waals surface area contributed by atoms with E-state index in [1.54, 1.807) is 31.2 Å². The van der Waals surface area contributed by atoms with Crippen LogP contribution in [0.1, 0.15) is 12.5 Å². The van der Waals surface area contributed by atoms with Gasteiger partial charge < -0.3 is 14.8 Å². The number of fused-ring (bicyclic) bond motifs is 1. The van der Waals surface area contributed by atoms with Crippen molar-refractivity contribution in [2.75, 3.05) is 29.8 Å². The van der Waals surface area contributed by atoms with E-state index < -0.39 is 16.1 Å². The number of hydrogen-bond donors (Lipinski definition) is 1. The SMILES string of the molecule is CCS(=O)(=O)N1C[C@H](C(=O)NCCOc2ccccc2C)Oc2ccccc21. The third-order valence-corrected chi connectivity index (χ3v) is 6.23. The highest BCUT2D eigenvalue weighted by Gasteiger charge is 2.35. The first kappa shape index (κ1) is 20.0. The summed E-state index contributed by atoms with van der Waals surface area (Å²) >= 11 is 0. The van der Waals surface area contributed by atoms with Crippen molar-refractivity contribution in [1.82, 2.24) is 5.32 Å². The van der Waals surface area contributed by atoms with Crippen LogP contribution in [0, 0.1) is 6.92 Å². The number of aryl methyl sites for hydroxylation is 1. The summed E-state index contributed by atoms with van der Waals surface area (Å²) in [7, 11) is -3.52. The molecule has 0 aliphatic carbocycles. The summed E-state index contributed by atoms with van der Waals surface area (Å²) in [6, 6.07) is 14.4. The fourth-order valence-electron chi connectivity index (χ4n) is 2.93. The second kappa shape index (κ2) is 8.52. The molecule has 28 heavy (non-hydrogen) atoms. The van der Waals surface area contributed by atoms with E-state index in [2.05, 4.69) is 5.32 Å². The van der Waals surface area contributed by atoms with Crippen LogP contribution in [-0.2, 0) is 14.8 Å². The maximum absolute atomic E-state index is 12.5. The molecule has 3 rings (SSSR count). The molecule has 150 valence electrons. The molecule has 1 aliphatic rings. The molecule has 2 aromatic rings. The predicted octanol–water partition coefficient (Wildman–Crippen LogP) is 2.11. The Bertz CT molecular complexity index is 945. The first-order valence-electron chi connectivity index (χ1n) is 9.14. The average Bonchev–Trinajstić information content (AvgIpc) is 2.71. The van der Waals surface area contributed by atoms with Crippen molar-refractivity contribution in [1.29, 1.82) is 0 Å². The number of nitrogens with one attached hydrogen (secondary N) is 1. The van der Waals surface area contributed by atoms with Gasteiger partial charge in [0.15, 0.2) is 6.10 Å². The molecule has 1 N–H and O–H groups in total. The number of ether oxygens (including phenoxy) is 2.